The minimum absolute atomic E-state index is 0. The Balaban J connectivity index is 0.000000720. The first-order valence-corrected chi connectivity index (χ1v) is 4.79. The summed E-state index contributed by atoms with van der Waals surface area (Å²) in [5, 5.41) is 1.15. The van der Waals surface area contributed by atoms with Crippen LogP contribution in [0.2, 0.25) is 0 Å². The Morgan fingerprint density at radius 3 is 3.00 bits per heavy atom. The zero-order chi connectivity index (χ0) is 7.84. The Kier molecular flexibility index (Phi) is 3.39. The van der Waals surface area contributed by atoms with E-state index in [0.717, 1.165) is 24.7 Å². The molecule has 0 bridgehead atoms. The van der Waals surface area contributed by atoms with Gasteiger partial charge < -0.3 is 24.0 Å². The molecule has 0 radical (unpaired) electrons. The summed E-state index contributed by atoms with van der Waals surface area (Å²) >= 11 is 1.66. The molecule has 0 aliphatic carbocycles. The smallest absolute Gasteiger partial charge is 0.320 e. The number of thioether (sulfide) groups is 1. The van der Waals surface area contributed by atoms with E-state index >= 15 is 0 Å². The van der Waals surface area contributed by atoms with Crippen LogP contribution in [0, 0.1) is 0 Å². The van der Waals surface area contributed by atoms with Gasteiger partial charge in [0.05, 0.1) is 20.1 Å². The number of carbonyl (C=O) groups is 1. The van der Waals surface area contributed by atoms with E-state index in [-0.39, 0.29) is 29.9 Å². The van der Waals surface area contributed by atoms with Crippen molar-refractivity contribution < 1.29 is 33.3 Å². The Morgan fingerprint density at radius 2 is 2.33 bits per heavy atom. The van der Waals surface area contributed by atoms with E-state index in [1.165, 1.54) is 0 Å². The van der Waals surface area contributed by atoms with Crippen LogP contribution in [0.5, 0.6) is 0 Å². The van der Waals surface area contributed by atoms with Crippen molar-refractivity contribution in [1.29, 1.82) is 0 Å². The molecule has 0 unspecified atom stereocenters. The summed E-state index contributed by atoms with van der Waals surface area (Å²) in [6.07, 6.45) is 1.10. The molecule has 2 rings (SSSR count). The molecule has 0 saturated carbocycles. The Morgan fingerprint density at radius 1 is 1.58 bits per heavy atom. The van der Waals surface area contributed by atoms with E-state index in [4.69, 9.17) is 0 Å². The third-order valence-corrected chi connectivity index (χ3v) is 3.24. The van der Waals surface area contributed by atoms with E-state index in [0.29, 0.717) is 5.75 Å². The number of carbonyl (C=O) groups excluding carboxylic acids is 1. The molecule has 1 amide bonds. The molecule has 0 aromatic rings. The van der Waals surface area contributed by atoms with Crippen molar-refractivity contribution in [2.75, 3.05) is 25.9 Å². The minimum atomic E-state index is 0. The quantitative estimate of drug-likeness (QED) is 0.351. The van der Waals surface area contributed by atoms with Crippen molar-refractivity contribution in [1.82, 2.24) is 4.90 Å². The van der Waals surface area contributed by atoms with Crippen molar-refractivity contribution in [3.63, 3.8) is 0 Å². The SMILES string of the molecule is C[N+]1=C2SCC(=O)N2CCC1.[I-]. The third-order valence-electron chi connectivity index (χ3n) is 2.06. The molecular weight excluding hydrogens is 287 g/mol. The van der Waals surface area contributed by atoms with Gasteiger partial charge in [0.1, 0.15) is 5.75 Å². The largest absolute Gasteiger partial charge is 1.00 e. The molecule has 0 N–H and O–H groups in total. The van der Waals surface area contributed by atoms with E-state index in [9.17, 15) is 4.79 Å². The fourth-order valence-electron chi connectivity index (χ4n) is 1.49. The monoisotopic (exact) mass is 298 g/mol. The summed E-state index contributed by atoms with van der Waals surface area (Å²) in [4.78, 5) is 13.1. The second-order valence-electron chi connectivity index (χ2n) is 2.89. The van der Waals surface area contributed by atoms with Crippen LogP contribution in [-0.2, 0) is 4.79 Å². The van der Waals surface area contributed by atoms with Crippen molar-refractivity contribution in [2.24, 2.45) is 0 Å². The van der Waals surface area contributed by atoms with Crippen molar-refractivity contribution in [3.8, 4) is 0 Å². The fourth-order valence-corrected chi connectivity index (χ4v) is 2.56. The highest BCUT2D eigenvalue weighted by atomic mass is 127. The maximum absolute atomic E-state index is 11.2. The van der Waals surface area contributed by atoms with Crippen molar-refractivity contribution in [3.05, 3.63) is 0 Å². The van der Waals surface area contributed by atoms with E-state index in [2.05, 4.69) is 4.58 Å². The summed E-state index contributed by atoms with van der Waals surface area (Å²) in [6.45, 7) is 2.01. The average Bonchev–Trinajstić information content (AvgIpc) is 2.35. The van der Waals surface area contributed by atoms with Gasteiger partial charge in [0.25, 0.3) is 0 Å². The van der Waals surface area contributed by atoms with Gasteiger partial charge in [-0.3, -0.25) is 4.58 Å². The molecule has 0 atom stereocenters. The molecule has 1 saturated heterocycles. The standard InChI is InChI=1S/C7H11N2OS.HI/c1-8-3-2-4-9-6(10)5-11-7(8)9;/h2-5H2,1H3;1H/q+1;/p-1. The van der Waals surface area contributed by atoms with Crippen LogP contribution in [0.3, 0.4) is 0 Å². The number of nitrogens with zero attached hydrogens (tertiary/aromatic N) is 2. The zero-order valence-electron chi connectivity index (χ0n) is 6.92. The molecular formula is C7H11IN2OS. The summed E-state index contributed by atoms with van der Waals surface area (Å²) in [5.41, 5.74) is 0. The second kappa shape index (κ2) is 3.95. The first-order valence-electron chi connectivity index (χ1n) is 3.80. The lowest BCUT2D eigenvalue weighted by Crippen LogP contribution is -3.00. The second-order valence-corrected chi connectivity index (χ2v) is 3.83. The van der Waals surface area contributed by atoms with Crippen LogP contribution in [0.1, 0.15) is 6.42 Å². The molecule has 12 heavy (non-hydrogen) atoms. The molecule has 0 aromatic heterocycles. The van der Waals surface area contributed by atoms with Gasteiger partial charge in [0.15, 0.2) is 0 Å². The lowest BCUT2D eigenvalue weighted by atomic mass is 10.3. The predicted molar refractivity (Wildman–Crippen MR) is 44.8 cm³/mol. The molecule has 0 aromatic carbocycles. The van der Waals surface area contributed by atoms with Crippen LogP contribution >= 0.6 is 11.8 Å². The topological polar surface area (TPSA) is 23.3 Å². The molecule has 68 valence electrons. The first kappa shape index (κ1) is 10.3. The Hall–Kier alpha value is 0.220. The van der Waals surface area contributed by atoms with E-state index < -0.39 is 0 Å². The third kappa shape index (κ3) is 1.61. The van der Waals surface area contributed by atoms with E-state index in [1.54, 1.807) is 11.8 Å². The number of amidine groups is 1. The maximum Gasteiger partial charge on any atom is 0.320 e. The van der Waals surface area contributed by atoms with Gasteiger partial charge in [0, 0.05) is 6.42 Å². The van der Waals surface area contributed by atoms with Gasteiger partial charge in [-0.2, -0.15) is 4.90 Å². The van der Waals surface area contributed by atoms with Crippen LogP contribution in [0.15, 0.2) is 0 Å². The van der Waals surface area contributed by atoms with Crippen LogP contribution in [-0.4, -0.2) is 46.4 Å². The van der Waals surface area contributed by atoms with Gasteiger partial charge in [-0.05, 0) is 11.8 Å². The lowest BCUT2D eigenvalue weighted by Gasteiger charge is -2.16. The molecule has 1 fully saturated rings. The number of rotatable bonds is 0. The first-order chi connectivity index (χ1) is 5.29. The highest BCUT2D eigenvalue weighted by molar-refractivity contribution is 8.14. The number of hydrogen-bond acceptors (Lipinski definition) is 2. The molecule has 3 nitrogen and oxygen atoms in total. The number of hydrogen-bond donors (Lipinski definition) is 0. The van der Waals surface area contributed by atoms with Gasteiger partial charge in [-0.25, -0.2) is 4.79 Å². The Bertz CT molecular complexity index is 242. The maximum atomic E-state index is 11.2. The predicted octanol–water partition coefficient (Wildman–Crippen LogP) is -3.03. The summed E-state index contributed by atoms with van der Waals surface area (Å²) in [7, 11) is 2.05. The van der Waals surface area contributed by atoms with Crippen molar-refractivity contribution >= 4 is 22.8 Å². The zero-order valence-corrected chi connectivity index (χ0v) is 9.89. The van der Waals surface area contributed by atoms with Gasteiger partial charge in [0.2, 0.25) is 0 Å². The minimum Gasteiger partial charge on any atom is -1.00 e. The molecule has 2 aliphatic heterocycles. The van der Waals surface area contributed by atoms with Crippen LogP contribution < -0.4 is 24.0 Å². The number of halogens is 1. The average molecular weight is 298 g/mol. The molecule has 2 aliphatic rings. The highest BCUT2D eigenvalue weighted by Gasteiger charge is 2.38. The molecule has 5 heteroatoms. The summed E-state index contributed by atoms with van der Waals surface area (Å²) < 4.78 is 2.17. The van der Waals surface area contributed by atoms with Crippen LogP contribution in [0.4, 0.5) is 0 Å². The normalized spacial score (nSPS) is 22.4. The lowest BCUT2D eigenvalue weighted by molar-refractivity contribution is -0.504. The summed E-state index contributed by atoms with van der Waals surface area (Å²) in [6, 6.07) is 0. The summed E-state index contributed by atoms with van der Waals surface area (Å²) in [5.74, 6) is 0.913. The van der Waals surface area contributed by atoms with Crippen LogP contribution in [0.25, 0.3) is 0 Å². The van der Waals surface area contributed by atoms with Gasteiger partial charge in [-0.1, -0.05) is 0 Å². The van der Waals surface area contributed by atoms with E-state index in [1.807, 2.05) is 11.9 Å². The number of fused-ring (bicyclic) bond motifs is 1. The molecule has 2 heterocycles. The van der Waals surface area contributed by atoms with Gasteiger partial charge >= 0.3 is 11.1 Å². The van der Waals surface area contributed by atoms with Crippen molar-refractivity contribution in [2.45, 2.75) is 6.42 Å². The number of amides is 1. The molecule has 0 spiro atoms. The Labute approximate surface area is 93.2 Å². The fraction of sp³-hybridized carbons (Fsp3) is 0.714. The van der Waals surface area contributed by atoms with Gasteiger partial charge in [-0.15, -0.1) is 0 Å². The highest BCUT2D eigenvalue weighted by Crippen LogP contribution is 2.21.